The number of hydrogen-bond donors (Lipinski definition) is 1. The number of rotatable bonds is 10. The highest BCUT2D eigenvalue weighted by molar-refractivity contribution is 5.27. The Bertz CT molecular complexity index is 322. The highest BCUT2D eigenvalue weighted by atomic mass is 16.5. The Morgan fingerprint density at radius 2 is 1.79 bits per heavy atom. The molecule has 0 bridgehead atoms. The fraction of sp³-hybridized carbons (Fsp3) is 0.625. The molecule has 1 N–H and O–H groups in total. The maximum absolute atomic E-state index is 5.68. The molecule has 0 aliphatic rings. The molecule has 0 aliphatic carbocycles. The second-order valence-electron chi connectivity index (χ2n) is 5.17. The van der Waals surface area contributed by atoms with Crippen LogP contribution in [0.2, 0.25) is 0 Å². The summed E-state index contributed by atoms with van der Waals surface area (Å²) in [6.07, 6.45) is 2.17. The van der Waals surface area contributed by atoms with Gasteiger partial charge in [-0.05, 0) is 43.0 Å². The highest BCUT2D eigenvalue weighted by Gasteiger charge is 1.97. The van der Waals surface area contributed by atoms with E-state index in [1.165, 1.54) is 12.0 Å². The van der Waals surface area contributed by atoms with Crippen LogP contribution in [0.5, 0.6) is 5.75 Å². The lowest BCUT2D eigenvalue weighted by Gasteiger charge is -2.09. The minimum Gasteiger partial charge on any atom is -0.492 e. The van der Waals surface area contributed by atoms with Gasteiger partial charge in [0.05, 0.1) is 6.61 Å². The smallest absolute Gasteiger partial charge is 0.119 e. The van der Waals surface area contributed by atoms with Crippen molar-refractivity contribution >= 4 is 0 Å². The lowest BCUT2D eigenvalue weighted by molar-refractivity contribution is 0.202. The number of methoxy groups -OCH3 is 1. The van der Waals surface area contributed by atoms with Crippen LogP contribution in [0.1, 0.15) is 25.8 Å². The van der Waals surface area contributed by atoms with Gasteiger partial charge in [-0.3, -0.25) is 0 Å². The molecule has 108 valence electrons. The Labute approximate surface area is 117 Å². The monoisotopic (exact) mass is 265 g/mol. The second kappa shape index (κ2) is 9.82. The molecule has 1 rings (SSSR count). The molecule has 3 nitrogen and oxygen atoms in total. The molecule has 0 aliphatic heterocycles. The van der Waals surface area contributed by atoms with Crippen LogP contribution < -0.4 is 10.1 Å². The van der Waals surface area contributed by atoms with E-state index in [0.29, 0.717) is 0 Å². The zero-order valence-corrected chi connectivity index (χ0v) is 12.4. The Balaban J connectivity index is 2.12. The molecular formula is C16H27NO2. The van der Waals surface area contributed by atoms with Gasteiger partial charge in [0.15, 0.2) is 0 Å². The summed E-state index contributed by atoms with van der Waals surface area (Å²) in [4.78, 5) is 0. The molecule has 0 amide bonds. The lowest BCUT2D eigenvalue weighted by atomic mass is 10.1. The molecule has 0 saturated carbocycles. The molecule has 3 heteroatoms. The quantitative estimate of drug-likeness (QED) is 0.660. The van der Waals surface area contributed by atoms with E-state index in [1.54, 1.807) is 7.11 Å². The predicted octanol–water partition coefficient (Wildman–Crippen LogP) is 2.89. The predicted molar refractivity (Wildman–Crippen MR) is 79.8 cm³/mol. The Kier molecular flexibility index (Phi) is 8.26. The van der Waals surface area contributed by atoms with Crippen molar-refractivity contribution in [1.82, 2.24) is 5.32 Å². The van der Waals surface area contributed by atoms with Gasteiger partial charge in [-0.15, -0.1) is 0 Å². The Morgan fingerprint density at radius 1 is 1.05 bits per heavy atom. The van der Waals surface area contributed by atoms with Crippen LogP contribution in [0, 0.1) is 5.92 Å². The summed E-state index contributed by atoms with van der Waals surface area (Å²) in [7, 11) is 1.73. The molecule has 0 fully saturated rings. The molecular weight excluding hydrogens is 238 g/mol. The molecule has 0 atom stereocenters. The summed E-state index contributed by atoms with van der Waals surface area (Å²) < 4.78 is 10.7. The maximum Gasteiger partial charge on any atom is 0.119 e. The average Bonchev–Trinajstić information content (AvgIpc) is 2.41. The first-order valence-electron chi connectivity index (χ1n) is 7.13. The van der Waals surface area contributed by atoms with Gasteiger partial charge in [-0.1, -0.05) is 26.0 Å². The summed E-state index contributed by atoms with van der Waals surface area (Å²) in [5.41, 5.74) is 1.28. The SMILES string of the molecule is COCCc1ccc(OCCNCCC(C)C)cc1. The van der Waals surface area contributed by atoms with Gasteiger partial charge in [0.1, 0.15) is 12.4 Å². The Hall–Kier alpha value is -1.06. The zero-order chi connectivity index (χ0) is 13.9. The van der Waals surface area contributed by atoms with E-state index in [0.717, 1.165) is 44.4 Å². The van der Waals surface area contributed by atoms with Crippen molar-refractivity contribution in [1.29, 1.82) is 0 Å². The van der Waals surface area contributed by atoms with E-state index >= 15 is 0 Å². The van der Waals surface area contributed by atoms with E-state index in [2.05, 4.69) is 31.3 Å². The zero-order valence-electron chi connectivity index (χ0n) is 12.4. The number of ether oxygens (including phenoxy) is 2. The van der Waals surface area contributed by atoms with Crippen molar-refractivity contribution in [3.8, 4) is 5.75 Å². The van der Waals surface area contributed by atoms with Gasteiger partial charge in [0, 0.05) is 13.7 Å². The third-order valence-corrected chi connectivity index (χ3v) is 2.96. The summed E-state index contributed by atoms with van der Waals surface area (Å²) in [5, 5.41) is 3.38. The standard InChI is InChI=1S/C16H27NO2/c1-14(2)8-10-17-11-13-19-16-6-4-15(5-7-16)9-12-18-3/h4-7,14,17H,8-13H2,1-3H3. The van der Waals surface area contributed by atoms with Gasteiger partial charge >= 0.3 is 0 Å². The molecule has 0 radical (unpaired) electrons. The van der Waals surface area contributed by atoms with Crippen molar-refractivity contribution in [2.45, 2.75) is 26.7 Å². The molecule has 19 heavy (non-hydrogen) atoms. The van der Waals surface area contributed by atoms with Crippen LogP contribution in [-0.4, -0.2) is 33.4 Å². The first-order valence-corrected chi connectivity index (χ1v) is 7.13. The van der Waals surface area contributed by atoms with Gasteiger partial charge in [-0.2, -0.15) is 0 Å². The van der Waals surface area contributed by atoms with E-state index < -0.39 is 0 Å². The molecule has 0 unspecified atom stereocenters. The minimum absolute atomic E-state index is 0.718. The van der Waals surface area contributed by atoms with Crippen molar-refractivity contribution in [2.24, 2.45) is 5.92 Å². The van der Waals surface area contributed by atoms with Gasteiger partial charge in [0.25, 0.3) is 0 Å². The molecule has 0 saturated heterocycles. The molecule has 1 aromatic rings. The molecule has 0 heterocycles. The summed E-state index contributed by atoms with van der Waals surface area (Å²) in [6, 6.07) is 8.25. The second-order valence-corrected chi connectivity index (χ2v) is 5.17. The van der Waals surface area contributed by atoms with E-state index in [9.17, 15) is 0 Å². The van der Waals surface area contributed by atoms with Crippen molar-refractivity contribution in [3.05, 3.63) is 29.8 Å². The van der Waals surface area contributed by atoms with Crippen LogP contribution in [0.25, 0.3) is 0 Å². The van der Waals surface area contributed by atoms with Crippen LogP contribution in [-0.2, 0) is 11.2 Å². The summed E-state index contributed by atoms with van der Waals surface area (Å²) in [6.45, 7) is 7.93. The first kappa shape index (κ1) is 16.0. The average molecular weight is 265 g/mol. The van der Waals surface area contributed by atoms with Crippen molar-refractivity contribution in [3.63, 3.8) is 0 Å². The summed E-state index contributed by atoms with van der Waals surface area (Å²) >= 11 is 0. The molecule has 0 aromatic heterocycles. The normalized spacial score (nSPS) is 10.9. The number of benzene rings is 1. The van der Waals surface area contributed by atoms with Crippen LogP contribution in [0.4, 0.5) is 0 Å². The first-order chi connectivity index (χ1) is 9.22. The number of nitrogens with one attached hydrogen (secondary N) is 1. The summed E-state index contributed by atoms with van der Waals surface area (Å²) in [5.74, 6) is 1.69. The van der Waals surface area contributed by atoms with Gasteiger partial charge < -0.3 is 14.8 Å². The van der Waals surface area contributed by atoms with Crippen LogP contribution in [0.15, 0.2) is 24.3 Å². The van der Waals surface area contributed by atoms with Crippen LogP contribution >= 0.6 is 0 Å². The van der Waals surface area contributed by atoms with Gasteiger partial charge in [-0.25, -0.2) is 0 Å². The highest BCUT2D eigenvalue weighted by Crippen LogP contribution is 2.12. The third kappa shape index (κ3) is 7.85. The topological polar surface area (TPSA) is 30.5 Å². The van der Waals surface area contributed by atoms with Crippen molar-refractivity contribution < 1.29 is 9.47 Å². The minimum atomic E-state index is 0.718. The lowest BCUT2D eigenvalue weighted by Crippen LogP contribution is -2.23. The number of hydrogen-bond acceptors (Lipinski definition) is 3. The maximum atomic E-state index is 5.68. The van der Waals surface area contributed by atoms with E-state index in [1.807, 2.05) is 12.1 Å². The van der Waals surface area contributed by atoms with Crippen molar-refractivity contribution in [2.75, 3.05) is 33.4 Å². The van der Waals surface area contributed by atoms with E-state index in [4.69, 9.17) is 9.47 Å². The Morgan fingerprint density at radius 3 is 2.42 bits per heavy atom. The largest absolute Gasteiger partial charge is 0.492 e. The fourth-order valence-electron chi connectivity index (χ4n) is 1.73. The van der Waals surface area contributed by atoms with E-state index in [-0.39, 0.29) is 0 Å². The van der Waals surface area contributed by atoms with Gasteiger partial charge in [0.2, 0.25) is 0 Å². The fourth-order valence-corrected chi connectivity index (χ4v) is 1.73. The third-order valence-electron chi connectivity index (χ3n) is 2.96. The molecule has 0 spiro atoms. The molecule has 1 aromatic carbocycles. The van der Waals surface area contributed by atoms with Crippen LogP contribution in [0.3, 0.4) is 0 Å².